The van der Waals surface area contributed by atoms with Gasteiger partial charge in [-0.05, 0) is 29.5 Å². The number of hydrogen-bond donors (Lipinski definition) is 0. The topological polar surface area (TPSA) is 9.23 Å². The maximum Gasteiger partial charge on any atom is 0.404 e. The number of benzene rings is 1. The van der Waals surface area contributed by atoms with Crippen LogP contribution in [0.1, 0.15) is 31.9 Å². The van der Waals surface area contributed by atoms with Crippen molar-refractivity contribution in [3.05, 3.63) is 29.3 Å². The number of ether oxygens (including phenoxy) is 1. The largest absolute Gasteiger partial charge is 0.492 e. The van der Waals surface area contributed by atoms with Crippen LogP contribution in [0.2, 0.25) is 0 Å². The quantitative estimate of drug-likeness (QED) is 0.705. The Labute approximate surface area is 120 Å². The molecular formula is C14H18BrF3O. The lowest BCUT2D eigenvalue weighted by Gasteiger charge is -2.21. The van der Waals surface area contributed by atoms with Crippen molar-refractivity contribution in [1.82, 2.24) is 0 Å². The molecular weight excluding hydrogens is 321 g/mol. The number of alkyl halides is 4. The summed E-state index contributed by atoms with van der Waals surface area (Å²) >= 11 is 2.58. The summed E-state index contributed by atoms with van der Waals surface area (Å²) in [6.07, 6.45) is -4.29. The van der Waals surface area contributed by atoms with Gasteiger partial charge in [0.25, 0.3) is 0 Å². The van der Waals surface area contributed by atoms with Gasteiger partial charge in [0, 0.05) is 0 Å². The highest BCUT2D eigenvalue weighted by molar-refractivity contribution is 9.09. The molecule has 1 nitrogen and oxygen atoms in total. The van der Waals surface area contributed by atoms with E-state index in [2.05, 4.69) is 36.7 Å². The summed E-state index contributed by atoms with van der Waals surface area (Å²) in [7, 11) is 0. The molecule has 0 amide bonds. The maximum absolute atomic E-state index is 12.3. The first-order valence-electron chi connectivity index (χ1n) is 5.96. The molecule has 0 N–H and O–H groups in total. The van der Waals surface area contributed by atoms with Gasteiger partial charge < -0.3 is 4.74 Å². The minimum Gasteiger partial charge on any atom is -0.492 e. The van der Waals surface area contributed by atoms with Gasteiger partial charge in [-0.1, -0.05) is 48.8 Å². The molecule has 0 aromatic heterocycles. The zero-order valence-electron chi connectivity index (χ0n) is 11.4. The van der Waals surface area contributed by atoms with Gasteiger partial charge >= 0.3 is 6.18 Å². The van der Waals surface area contributed by atoms with Gasteiger partial charge in [-0.25, -0.2) is 0 Å². The Morgan fingerprint density at radius 3 is 2.21 bits per heavy atom. The second-order valence-electron chi connectivity index (χ2n) is 5.55. The number of hydrogen-bond acceptors (Lipinski definition) is 1. The van der Waals surface area contributed by atoms with Crippen molar-refractivity contribution in [3.63, 3.8) is 0 Å². The Bertz CT molecular complexity index is 435. The molecule has 0 spiro atoms. The molecule has 0 aliphatic carbocycles. The van der Waals surface area contributed by atoms with E-state index < -0.39 is 17.6 Å². The molecule has 0 saturated carbocycles. The van der Waals surface area contributed by atoms with E-state index in [-0.39, 0.29) is 5.41 Å². The maximum atomic E-state index is 12.3. The summed E-state index contributed by atoms with van der Waals surface area (Å²) in [6.45, 7) is 7.65. The fourth-order valence-corrected chi connectivity index (χ4v) is 1.67. The van der Waals surface area contributed by atoms with Crippen molar-refractivity contribution in [3.8, 4) is 5.75 Å². The van der Waals surface area contributed by atoms with Crippen molar-refractivity contribution in [2.75, 3.05) is 6.61 Å². The predicted molar refractivity (Wildman–Crippen MR) is 74.1 cm³/mol. The number of rotatable bonds is 3. The van der Waals surface area contributed by atoms with Crippen molar-refractivity contribution >= 4 is 15.9 Å². The Balaban J connectivity index is 2.77. The average molecular weight is 339 g/mol. The minimum absolute atomic E-state index is 0.00716. The lowest BCUT2D eigenvalue weighted by atomic mass is 9.86. The van der Waals surface area contributed by atoms with Crippen LogP contribution >= 0.6 is 15.9 Å². The molecule has 1 unspecified atom stereocenters. The van der Waals surface area contributed by atoms with Crippen molar-refractivity contribution in [2.24, 2.45) is 0 Å². The van der Waals surface area contributed by atoms with Gasteiger partial charge in [-0.3, -0.25) is 0 Å². The monoisotopic (exact) mass is 338 g/mol. The smallest absolute Gasteiger partial charge is 0.404 e. The lowest BCUT2D eigenvalue weighted by Crippen LogP contribution is -2.29. The van der Waals surface area contributed by atoms with Gasteiger partial charge in [0.2, 0.25) is 0 Å². The molecule has 19 heavy (non-hydrogen) atoms. The van der Waals surface area contributed by atoms with Crippen LogP contribution in [0.4, 0.5) is 13.2 Å². The molecule has 0 aliphatic heterocycles. The van der Waals surface area contributed by atoms with E-state index in [1.165, 1.54) is 0 Å². The summed E-state index contributed by atoms with van der Waals surface area (Å²) in [6, 6.07) is 5.57. The molecule has 0 radical (unpaired) electrons. The highest BCUT2D eigenvalue weighted by Gasteiger charge is 2.38. The third-order valence-corrected chi connectivity index (χ3v) is 3.56. The van der Waals surface area contributed by atoms with Crippen LogP contribution in [-0.4, -0.2) is 17.6 Å². The summed E-state index contributed by atoms with van der Waals surface area (Å²) in [5, 5.41) is 0. The third kappa shape index (κ3) is 4.71. The normalized spacial score (nSPS) is 14.3. The van der Waals surface area contributed by atoms with Gasteiger partial charge in [0.1, 0.15) is 17.2 Å². The zero-order chi connectivity index (χ0) is 14.8. The molecule has 0 heterocycles. The van der Waals surface area contributed by atoms with E-state index in [4.69, 9.17) is 4.74 Å². The van der Waals surface area contributed by atoms with Gasteiger partial charge in [-0.15, -0.1) is 0 Å². The Kier molecular flexibility index (Phi) is 4.93. The predicted octanol–water partition coefficient (Wildman–Crippen LogP) is 5.00. The third-order valence-electron chi connectivity index (χ3n) is 2.78. The summed E-state index contributed by atoms with van der Waals surface area (Å²) in [5.41, 5.74) is 1.98. The molecule has 1 atom stereocenters. The zero-order valence-corrected chi connectivity index (χ0v) is 13.0. The SMILES string of the molecule is Cc1cc(C(C)(C)C)ccc1OCC(Br)C(F)(F)F. The molecule has 0 fully saturated rings. The van der Waals surface area contributed by atoms with E-state index in [0.717, 1.165) is 11.1 Å². The van der Waals surface area contributed by atoms with E-state index >= 15 is 0 Å². The van der Waals surface area contributed by atoms with Crippen molar-refractivity contribution in [2.45, 2.75) is 44.1 Å². The Morgan fingerprint density at radius 1 is 1.21 bits per heavy atom. The Hall–Kier alpha value is -0.710. The van der Waals surface area contributed by atoms with E-state index in [1.54, 1.807) is 6.07 Å². The average Bonchev–Trinajstić information content (AvgIpc) is 2.24. The number of aryl methyl sites for hydroxylation is 1. The molecule has 5 heteroatoms. The van der Waals surface area contributed by atoms with Crippen LogP contribution in [-0.2, 0) is 5.41 Å². The lowest BCUT2D eigenvalue weighted by molar-refractivity contribution is -0.132. The van der Waals surface area contributed by atoms with Gasteiger partial charge in [-0.2, -0.15) is 13.2 Å². The highest BCUT2D eigenvalue weighted by atomic mass is 79.9. The fourth-order valence-electron chi connectivity index (χ4n) is 1.54. The van der Waals surface area contributed by atoms with Crippen LogP contribution < -0.4 is 4.74 Å². The molecule has 108 valence electrons. The molecule has 0 aliphatic rings. The van der Waals surface area contributed by atoms with Gasteiger partial charge in [0.05, 0.1) is 0 Å². The second kappa shape index (κ2) is 5.73. The first kappa shape index (κ1) is 16.3. The highest BCUT2D eigenvalue weighted by Crippen LogP contribution is 2.30. The van der Waals surface area contributed by atoms with E-state index in [0.29, 0.717) is 5.75 Å². The van der Waals surface area contributed by atoms with Crippen LogP contribution in [0, 0.1) is 6.92 Å². The first-order chi connectivity index (χ1) is 8.51. The standard InChI is InChI=1S/C14H18BrF3O/c1-9-7-10(13(2,3)4)5-6-11(9)19-8-12(15)14(16,17)18/h5-7,12H,8H2,1-4H3. The fraction of sp³-hybridized carbons (Fsp3) is 0.571. The van der Waals surface area contributed by atoms with Crippen LogP contribution in [0.3, 0.4) is 0 Å². The van der Waals surface area contributed by atoms with Gasteiger partial charge in [0.15, 0.2) is 0 Å². The molecule has 0 bridgehead atoms. The summed E-state index contributed by atoms with van der Waals surface area (Å²) < 4.78 is 42.3. The number of halogens is 4. The van der Waals surface area contributed by atoms with E-state index in [9.17, 15) is 13.2 Å². The van der Waals surface area contributed by atoms with Crippen LogP contribution in [0.15, 0.2) is 18.2 Å². The summed E-state index contributed by atoms with van der Waals surface area (Å²) in [4.78, 5) is -1.65. The minimum atomic E-state index is -4.29. The first-order valence-corrected chi connectivity index (χ1v) is 6.88. The molecule has 1 aromatic carbocycles. The second-order valence-corrected chi connectivity index (χ2v) is 6.66. The van der Waals surface area contributed by atoms with Crippen molar-refractivity contribution < 1.29 is 17.9 Å². The van der Waals surface area contributed by atoms with Crippen molar-refractivity contribution in [1.29, 1.82) is 0 Å². The van der Waals surface area contributed by atoms with Crippen LogP contribution in [0.25, 0.3) is 0 Å². The van der Waals surface area contributed by atoms with Crippen LogP contribution in [0.5, 0.6) is 5.75 Å². The molecule has 0 saturated heterocycles. The summed E-state index contributed by atoms with van der Waals surface area (Å²) in [5.74, 6) is 0.488. The van der Waals surface area contributed by atoms with E-state index in [1.807, 2.05) is 19.1 Å². The Morgan fingerprint density at radius 2 is 1.79 bits per heavy atom. The molecule has 1 rings (SSSR count). The molecule has 1 aromatic rings.